The average molecular weight is 354 g/mol. The Morgan fingerprint density at radius 3 is 2.54 bits per heavy atom. The minimum absolute atomic E-state index is 0.0742. The van der Waals surface area contributed by atoms with Crippen LogP contribution >= 0.6 is 0 Å². The maximum Gasteiger partial charge on any atom is 0.245 e. The summed E-state index contributed by atoms with van der Waals surface area (Å²) in [5.41, 5.74) is 1.19. The van der Waals surface area contributed by atoms with Gasteiger partial charge in [-0.3, -0.25) is 9.59 Å². The van der Waals surface area contributed by atoms with Gasteiger partial charge < -0.3 is 10.6 Å². The lowest BCUT2D eigenvalue weighted by atomic mass is 9.80. The van der Waals surface area contributed by atoms with Gasteiger partial charge in [0.15, 0.2) is 0 Å². The molecule has 0 saturated heterocycles. The third-order valence-electron chi connectivity index (χ3n) is 4.89. The summed E-state index contributed by atoms with van der Waals surface area (Å²) in [4.78, 5) is 24.3. The fraction of sp³-hybridized carbons (Fsp3) is 0.450. The van der Waals surface area contributed by atoms with E-state index in [-0.39, 0.29) is 11.8 Å². The van der Waals surface area contributed by atoms with Crippen molar-refractivity contribution < 1.29 is 9.59 Å². The summed E-state index contributed by atoms with van der Waals surface area (Å²) < 4.78 is 1.83. The first-order chi connectivity index (χ1) is 12.6. The first kappa shape index (κ1) is 18.2. The molecule has 0 aliphatic heterocycles. The van der Waals surface area contributed by atoms with Crippen LogP contribution in [0.15, 0.2) is 42.6 Å². The monoisotopic (exact) mass is 354 g/mol. The lowest BCUT2D eigenvalue weighted by molar-refractivity contribution is -0.134. The second-order valence-corrected chi connectivity index (χ2v) is 6.92. The highest BCUT2D eigenvalue weighted by Gasteiger charge is 2.39. The van der Waals surface area contributed by atoms with E-state index in [9.17, 15) is 9.59 Å². The molecule has 1 fully saturated rings. The van der Waals surface area contributed by atoms with Crippen molar-refractivity contribution in [1.82, 2.24) is 20.4 Å². The molecule has 1 saturated carbocycles. The van der Waals surface area contributed by atoms with Crippen LogP contribution in [-0.2, 0) is 16.0 Å². The van der Waals surface area contributed by atoms with Crippen molar-refractivity contribution in [2.45, 2.75) is 51.0 Å². The predicted molar refractivity (Wildman–Crippen MR) is 99.9 cm³/mol. The summed E-state index contributed by atoms with van der Waals surface area (Å²) in [6.45, 7) is 1.98. The van der Waals surface area contributed by atoms with Crippen molar-refractivity contribution in [3.63, 3.8) is 0 Å². The molecule has 1 aliphatic carbocycles. The summed E-state index contributed by atoms with van der Waals surface area (Å²) >= 11 is 0. The van der Waals surface area contributed by atoms with Gasteiger partial charge in [-0.1, -0.05) is 37.5 Å². The molecule has 6 nitrogen and oxygen atoms in total. The molecule has 6 heteroatoms. The molecule has 2 N–H and O–H groups in total. The molecule has 2 amide bonds. The first-order valence-corrected chi connectivity index (χ1v) is 9.26. The third kappa shape index (κ3) is 4.31. The molecule has 0 radical (unpaired) electrons. The molecule has 1 heterocycles. The van der Waals surface area contributed by atoms with Crippen LogP contribution in [0.4, 0.5) is 0 Å². The van der Waals surface area contributed by atoms with Gasteiger partial charge in [0.25, 0.3) is 0 Å². The molecule has 1 aromatic carbocycles. The minimum Gasteiger partial charge on any atom is -0.354 e. The molecule has 0 spiro atoms. The van der Waals surface area contributed by atoms with E-state index in [4.69, 9.17) is 0 Å². The molecule has 0 bridgehead atoms. The second kappa shape index (κ2) is 8.17. The number of benzene rings is 1. The summed E-state index contributed by atoms with van der Waals surface area (Å²) in [5.74, 6) is -0.224. The molecular weight excluding hydrogens is 328 g/mol. The van der Waals surface area contributed by atoms with E-state index in [2.05, 4.69) is 15.7 Å². The number of rotatable bonds is 6. The highest BCUT2D eigenvalue weighted by Crippen LogP contribution is 2.28. The molecule has 3 rings (SSSR count). The third-order valence-corrected chi connectivity index (χ3v) is 4.89. The van der Waals surface area contributed by atoms with Crippen LogP contribution in [0.3, 0.4) is 0 Å². The van der Waals surface area contributed by atoms with E-state index < -0.39 is 5.54 Å². The fourth-order valence-corrected chi connectivity index (χ4v) is 3.59. The zero-order chi connectivity index (χ0) is 18.4. The quantitative estimate of drug-likeness (QED) is 0.836. The Morgan fingerprint density at radius 2 is 1.85 bits per heavy atom. The van der Waals surface area contributed by atoms with Gasteiger partial charge in [0.2, 0.25) is 11.8 Å². The lowest BCUT2D eigenvalue weighted by Gasteiger charge is -2.36. The normalized spacial score (nSPS) is 16.0. The van der Waals surface area contributed by atoms with Gasteiger partial charge >= 0.3 is 0 Å². The largest absolute Gasteiger partial charge is 0.354 e. The van der Waals surface area contributed by atoms with Gasteiger partial charge in [-0.05, 0) is 31.0 Å². The molecule has 2 aromatic rings. The van der Waals surface area contributed by atoms with Crippen LogP contribution < -0.4 is 10.6 Å². The smallest absolute Gasteiger partial charge is 0.245 e. The Balaban J connectivity index is 1.56. The van der Waals surface area contributed by atoms with Gasteiger partial charge in [-0.15, -0.1) is 0 Å². The van der Waals surface area contributed by atoms with E-state index in [1.807, 2.05) is 47.3 Å². The number of hydrogen-bond acceptors (Lipinski definition) is 3. The van der Waals surface area contributed by atoms with Crippen LogP contribution in [0.25, 0.3) is 5.69 Å². The van der Waals surface area contributed by atoms with Crippen molar-refractivity contribution >= 4 is 11.8 Å². The number of aromatic nitrogens is 2. The summed E-state index contributed by atoms with van der Waals surface area (Å²) in [7, 11) is 0. The summed E-state index contributed by atoms with van der Waals surface area (Å²) in [6, 6.07) is 11.9. The van der Waals surface area contributed by atoms with Crippen LogP contribution in [0.2, 0.25) is 0 Å². The zero-order valence-electron chi connectivity index (χ0n) is 15.2. The Morgan fingerprint density at radius 1 is 1.12 bits per heavy atom. The van der Waals surface area contributed by atoms with Gasteiger partial charge in [0.1, 0.15) is 5.54 Å². The zero-order valence-corrected chi connectivity index (χ0v) is 15.2. The molecule has 0 unspecified atom stereocenters. The van der Waals surface area contributed by atoms with Gasteiger partial charge in [0.05, 0.1) is 11.4 Å². The SMILES string of the molecule is CC(=O)NC1(C(=O)NCCc2ccn(-c3ccccc3)n2)CCCCC1. The van der Waals surface area contributed by atoms with E-state index in [1.54, 1.807) is 0 Å². The molecule has 26 heavy (non-hydrogen) atoms. The number of nitrogens with one attached hydrogen (secondary N) is 2. The number of hydrogen-bond donors (Lipinski definition) is 2. The van der Waals surface area contributed by atoms with Crippen LogP contribution in [-0.4, -0.2) is 33.7 Å². The standard InChI is InChI=1S/C20H26N4O2/c1-16(25)22-20(12-6-3-7-13-20)19(26)21-14-10-17-11-15-24(23-17)18-8-4-2-5-9-18/h2,4-5,8-9,11,15H,3,6-7,10,12-14H2,1H3,(H,21,26)(H,22,25). The Kier molecular flexibility index (Phi) is 5.71. The molecule has 0 atom stereocenters. The topological polar surface area (TPSA) is 76.0 Å². The van der Waals surface area contributed by atoms with Crippen LogP contribution in [0.5, 0.6) is 0 Å². The number of amides is 2. The molecular formula is C20H26N4O2. The molecule has 1 aliphatic rings. The minimum atomic E-state index is -0.743. The Bertz CT molecular complexity index is 748. The highest BCUT2D eigenvalue weighted by molar-refractivity contribution is 5.91. The van der Waals surface area contributed by atoms with Gasteiger partial charge in [-0.25, -0.2) is 4.68 Å². The van der Waals surface area contributed by atoms with Crippen molar-refractivity contribution in [2.75, 3.05) is 6.54 Å². The van der Waals surface area contributed by atoms with Crippen molar-refractivity contribution in [1.29, 1.82) is 0 Å². The Hall–Kier alpha value is -2.63. The van der Waals surface area contributed by atoms with Crippen LogP contribution in [0.1, 0.15) is 44.7 Å². The van der Waals surface area contributed by atoms with E-state index >= 15 is 0 Å². The van der Waals surface area contributed by atoms with Crippen molar-refractivity contribution in [2.24, 2.45) is 0 Å². The number of para-hydroxylation sites is 1. The maximum atomic E-state index is 12.7. The molecule has 1 aromatic heterocycles. The predicted octanol–water partition coefficient (Wildman–Crippen LogP) is 2.37. The van der Waals surface area contributed by atoms with E-state index in [0.717, 1.165) is 30.6 Å². The van der Waals surface area contributed by atoms with E-state index in [1.165, 1.54) is 6.92 Å². The number of nitrogens with zero attached hydrogens (tertiary/aromatic N) is 2. The van der Waals surface area contributed by atoms with Crippen molar-refractivity contribution in [3.05, 3.63) is 48.3 Å². The van der Waals surface area contributed by atoms with Crippen LogP contribution in [0, 0.1) is 0 Å². The maximum absolute atomic E-state index is 12.7. The summed E-state index contributed by atoms with van der Waals surface area (Å²) in [5, 5.41) is 10.4. The lowest BCUT2D eigenvalue weighted by Crippen LogP contribution is -2.59. The van der Waals surface area contributed by atoms with Gasteiger partial charge in [-0.2, -0.15) is 5.10 Å². The second-order valence-electron chi connectivity index (χ2n) is 6.92. The number of carbonyl (C=O) groups excluding carboxylic acids is 2. The number of carbonyl (C=O) groups is 2. The average Bonchev–Trinajstić information content (AvgIpc) is 3.11. The molecule has 138 valence electrons. The van der Waals surface area contributed by atoms with E-state index in [0.29, 0.717) is 25.8 Å². The fourth-order valence-electron chi connectivity index (χ4n) is 3.59. The van der Waals surface area contributed by atoms with Gasteiger partial charge in [0, 0.05) is 26.1 Å². The Labute approximate surface area is 154 Å². The highest BCUT2D eigenvalue weighted by atomic mass is 16.2. The summed E-state index contributed by atoms with van der Waals surface area (Å²) in [6.07, 6.45) is 7.05. The first-order valence-electron chi connectivity index (χ1n) is 9.26. The van der Waals surface area contributed by atoms with Crippen molar-refractivity contribution in [3.8, 4) is 5.69 Å².